The van der Waals surface area contributed by atoms with Crippen molar-refractivity contribution in [2.45, 2.75) is 25.9 Å². The zero-order chi connectivity index (χ0) is 17.3. The molecular formula is C19H18Cl2N2O. The van der Waals surface area contributed by atoms with E-state index in [1.165, 1.54) is 0 Å². The van der Waals surface area contributed by atoms with Gasteiger partial charge in [-0.2, -0.15) is 0 Å². The highest BCUT2D eigenvalue weighted by Gasteiger charge is 2.21. The van der Waals surface area contributed by atoms with Gasteiger partial charge in [0, 0.05) is 23.2 Å². The summed E-state index contributed by atoms with van der Waals surface area (Å²) < 4.78 is 0. The second kappa shape index (κ2) is 6.60. The second-order valence-electron chi connectivity index (χ2n) is 6.32. The van der Waals surface area contributed by atoms with Crippen LogP contribution in [0.1, 0.15) is 25.0 Å². The first kappa shape index (κ1) is 17.0. The summed E-state index contributed by atoms with van der Waals surface area (Å²) in [5.41, 5.74) is 2.11. The Bertz CT molecular complexity index is 947. The Labute approximate surface area is 150 Å². The number of hydrogen-bond acceptors (Lipinski definition) is 2. The van der Waals surface area contributed by atoms with Crippen molar-refractivity contribution in [2.75, 3.05) is 0 Å². The largest absolute Gasteiger partial charge is 0.322 e. The van der Waals surface area contributed by atoms with Gasteiger partial charge in [-0.3, -0.25) is 4.79 Å². The van der Waals surface area contributed by atoms with Crippen molar-refractivity contribution in [1.82, 2.24) is 10.3 Å². The maximum absolute atomic E-state index is 12.3. The highest BCUT2D eigenvalue weighted by molar-refractivity contribution is 6.42. The van der Waals surface area contributed by atoms with Gasteiger partial charge < -0.3 is 10.3 Å². The minimum absolute atomic E-state index is 0.0776. The lowest BCUT2D eigenvalue weighted by Crippen LogP contribution is -2.37. The van der Waals surface area contributed by atoms with Gasteiger partial charge in [0.2, 0.25) is 0 Å². The van der Waals surface area contributed by atoms with E-state index in [0.717, 1.165) is 16.5 Å². The zero-order valence-corrected chi connectivity index (χ0v) is 15.0. The molecule has 1 aromatic heterocycles. The monoisotopic (exact) mass is 360 g/mol. The van der Waals surface area contributed by atoms with Crippen LogP contribution in [0.15, 0.2) is 53.3 Å². The van der Waals surface area contributed by atoms with E-state index >= 15 is 0 Å². The number of nitrogens with one attached hydrogen (secondary N) is 2. The van der Waals surface area contributed by atoms with Crippen LogP contribution in [-0.4, -0.2) is 4.98 Å². The fraction of sp³-hybridized carbons (Fsp3) is 0.211. The molecule has 0 bridgehead atoms. The van der Waals surface area contributed by atoms with Crippen molar-refractivity contribution >= 4 is 34.1 Å². The highest BCUT2D eigenvalue weighted by atomic mass is 35.5. The maximum atomic E-state index is 12.3. The fourth-order valence-electron chi connectivity index (χ4n) is 2.63. The van der Waals surface area contributed by atoms with Crippen LogP contribution >= 0.6 is 23.2 Å². The smallest absolute Gasteiger partial charge is 0.252 e. The van der Waals surface area contributed by atoms with Crippen molar-refractivity contribution in [1.29, 1.82) is 0 Å². The van der Waals surface area contributed by atoms with Crippen molar-refractivity contribution in [3.05, 3.63) is 80.1 Å². The number of halogens is 2. The van der Waals surface area contributed by atoms with Gasteiger partial charge in [0.05, 0.1) is 10.0 Å². The van der Waals surface area contributed by atoms with Crippen molar-refractivity contribution < 1.29 is 0 Å². The lowest BCUT2D eigenvalue weighted by Gasteiger charge is -2.27. The van der Waals surface area contributed by atoms with Crippen molar-refractivity contribution in [3.8, 4) is 0 Å². The third-order valence-electron chi connectivity index (χ3n) is 4.19. The van der Waals surface area contributed by atoms with E-state index in [0.29, 0.717) is 22.2 Å². The van der Waals surface area contributed by atoms with E-state index in [1.807, 2.05) is 56.3 Å². The summed E-state index contributed by atoms with van der Waals surface area (Å²) in [5.74, 6) is 0. The van der Waals surface area contributed by atoms with Gasteiger partial charge in [0.1, 0.15) is 0 Å². The Morgan fingerprint density at radius 1 is 1.04 bits per heavy atom. The first-order valence-corrected chi connectivity index (χ1v) is 8.44. The Morgan fingerprint density at radius 2 is 1.79 bits per heavy atom. The molecule has 3 rings (SSSR count). The van der Waals surface area contributed by atoms with Crippen molar-refractivity contribution in [2.24, 2.45) is 0 Å². The highest BCUT2D eigenvalue weighted by Crippen LogP contribution is 2.28. The van der Waals surface area contributed by atoms with Crippen LogP contribution in [0.3, 0.4) is 0 Å². The molecule has 0 saturated carbocycles. The Balaban J connectivity index is 1.85. The van der Waals surface area contributed by atoms with Gasteiger partial charge in [0.15, 0.2) is 0 Å². The molecule has 24 heavy (non-hydrogen) atoms. The van der Waals surface area contributed by atoms with Crippen LogP contribution in [0, 0.1) is 0 Å². The molecule has 0 aliphatic rings. The van der Waals surface area contributed by atoms with Crippen LogP contribution in [0.4, 0.5) is 0 Å². The van der Waals surface area contributed by atoms with Gasteiger partial charge in [0.25, 0.3) is 5.56 Å². The number of rotatable bonds is 4. The van der Waals surface area contributed by atoms with E-state index in [2.05, 4.69) is 10.3 Å². The predicted molar refractivity (Wildman–Crippen MR) is 101 cm³/mol. The third-order valence-corrected chi connectivity index (χ3v) is 4.93. The zero-order valence-electron chi connectivity index (χ0n) is 13.5. The summed E-state index contributed by atoms with van der Waals surface area (Å²) in [6.07, 6.45) is 0. The summed E-state index contributed by atoms with van der Waals surface area (Å²) in [6, 6.07) is 15.2. The van der Waals surface area contributed by atoms with Crippen molar-refractivity contribution in [3.63, 3.8) is 0 Å². The molecule has 2 N–H and O–H groups in total. The first-order valence-electron chi connectivity index (χ1n) is 7.68. The Kier molecular flexibility index (Phi) is 4.68. The number of aromatic nitrogens is 1. The fourth-order valence-corrected chi connectivity index (χ4v) is 2.93. The molecule has 0 radical (unpaired) electrons. The minimum Gasteiger partial charge on any atom is -0.322 e. The van der Waals surface area contributed by atoms with E-state index in [9.17, 15) is 4.79 Å². The van der Waals surface area contributed by atoms with Crippen LogP contribution in [0.2, 0.25) is 10.0 Å². The van der Waals surface area contributed by atoms with E-state index in [4.69, 9.17) is 23.2 Å². The molecule has 2 aromatic carbocycles. The molecule has 0 amide bonds. The molecule has 124 valence electrons. The topological polar surface area (TPSA) is 44.9 Å². The molecule has 0 saturated heterocycles. The quantitative estimate of drug-likeness (QED) is 0.697. The van der Waals surface area contributed by atoms with Gasteiger partial charge in [-0.1, -0.05) is 47.5 Å². The van der Waals surface area contributed by atoms with Gasteiger partial charge >= 0.3 is 0 Å². The lowest BCUT2D eigenvalue weighted by atomic mass is 9.94. The molecular weight excluding hydrogens is 343 g/mol. The SMILES string of the molecule is CC(C)(NCc1cc2ccccc2[nH]c1=O)c1ccc(Cl)c(Cl)c1. The average Bonchev–Trinajstić information content (AvgIpc) is 2.55. The number of para-hydroxylation sites is 1. The number of fused-ring (bicyclic) bond motifs is 1. The second-order valence-corrected chi connectivity index (χ2v) is 7.13. The molecule has 5 heteroatoms. The molecule has 3 aromatic rings. The van der Waals surface area contributed by atoms with Crippen LogP contribution in [-0.2, 0) is 12.1 Å². The molecule has 0 fully saturated rings. The van der Waals surface area contributed by atoms with Gasteiger partial charge in [-0.05, 0) is 49.1 Å². The average molecular weight is 361 g/mol. The summed E-state index contributed by atoms with van der Waals surface area (Å²) in [6.45, 7) is 4.54. The first-order chi connectivity index (χ1) is 11.4. The van der Waals surface area contributed by atoms with E-state index < -0.39 is 0 Å². The van der Waals surface area contributed by atoms with E-state index in [-0.39, 0.29) is 11.1 Å². The molecule has 0 aliphatic carbocycles. The minimum atomic E-state index is -0.355. The van der Waals surface area contributed by atoms with Crippen LogP contribution in [0.5, 0.6) is 0 Å². The standard InChI is InChI=1S/C19H18Cl2N2O/c1-19(2,14-7-8-15(20)16(21)10-14)22-11-13-9-12-5-3-4-6-17(12)23-18(13)24/h3-10,22H,11H2,1-2H3,(H,23,24). The van der Waals surface area contributed by atoms with Crippen LogP contribution < -0.4 is 10.9 Å². The molecule has 3 nitrogen and oxygen atoms in total. The third kappa shape index (κ3) is 3.48. The molecule has 0 atom stereocenters. The van der Waals surface area contributed by atoms with Crippen LogP contribution in [0.25, 0.3) is 10.9 Å². The summed E-state index contributed by atoms with van der Waals surface area (Å²) in [7, 11) is 0. The number of H-pyrrole nitrogens is 1. The molecule has 0 aliphatic heterocycles. The summed E-state index contributed by atoms with van der Waals surface area (Å²) in [5, 5.41) is 5.49. The summed E-state index contributed by atoms with van der Waals surface area (Å²) in [4.78, 5) is 15.2. The van der Waals surface area contributed by atoms with E-state index in [1.54, 1.807) is 6.07 Å². The predicted octanol–water partition coefficient (Wildman–Crippen LogP) is 4.86. The Hall–Kier alpha value is -1.81. The number of pyridine rings is 1. The number of hydrogen-bond donors (Lipinski definition) is 2. The lowest BCUT2D eigenvalue weighted by molar-refractivity contribution is 0.400. The van der Waals surface area contributed by atoms with Gasteiger partial charge in [-0.25, -0.2) is 0 Å². The number of benzene rings is 2. The molecule has 0 spiro atoms. The normalized spacial score (nSPS) is 11.8. The molecule has 0 unspecified atom stereocenters. The summed E-state index contributed by atoms with van der Waals surface area (Å²) >= 11 is 12.1. The maximum Gasteiger partial charge on any atom is 0.252 e. The Morgan fingerprint density at radius 3 is 2.54 bits per heavy atom. The van der Waals surface area contributed by atoms with Gasteiger partial charge in [-0.15, -0.1) is 0 Å². The number of aromatic amines is 1. The molecule has 1 heterocycles.